The second kappa shape index (κ2) is 12.8. The van der Waals surface area contributed by atoms with Crippen LogP contribution >= 0.6 is 11.3 Å². The van der Waals surface area contributed by atoms with Gasteiger partial charge in [0, 0.05) is 32.2 Å². The maximum absolute atomic E-state index is 5.27. The first-order valence-electron chi connectivity index (χ1n) is 17.1. The summed E-state index contributed by atoms with van der Waals surface area (Å²) in [7, 11) is 0. The first kappa shape index (κ1) is 29.5. The second-order valence-electron chi connectivity index (χ2n) is 12.8. The number of fused-ring (bicyclic) bond motifs is 3. The Balaban J connectivity index is 1.13. The summed E-state index contributed by atoms with van der Waals surface area (Å²) < 4.78 is 2.66. The zero-order valence-electron chi connectivity index (χ0n) is 27.1. The van der Waals surface area contributed by atoms with E-state index in [4.69, 9.17) is 9.98 Å². The molecule has 6 aromatic carbocycles. The van der Waals surface area contributed by atoms with Crippen LogP contribution in [-0.4, -0.2) is 11.5 Å². The molecule has 1 atom stereocenters. The van der Waals surface area contributed by atoms with E-state index in [1.165, 1.54) is 59.1 Å². The van der Waals surface area contributed by atoms with Crippen LogP contribution in [0.15, 0.2) is 179 Å². The zero-order chi connectivity index (χ0) is 32.6. The summed E-state index contributed by atoms with van der Waals surface area (Å²) in [4.78, 5) is 10.5. The minimum absolute atomic E-state index is 0.0282. The number of hydrogen-bond donors (Lipinski definition) is 0. The van der Waals surface area contributed by atoms with Gasteiger partial charge in [-0.15, -0.1) is 11.3 Å². The van der Waals surface area contributed by atoms with Crippen LogP contribution in [0.3, 0.4) is 0 Å². The smallest absolute Gasteiger partial charge is 0.155 e. The molecule has 0 N–H and O–H groups in total. The fourth-order valence-corrected chi connectivity index (χ4v) is 8.32. The predicted molar refractivity (Wildman–Crippen MR) is 210 cm³/mol. The maximum atomic E-state index is 5.27. The monoisotopic (exact) mass is 646 g/mol. The number of amidine groups is 1. The summed E-state index contributed by atoms with van der Waals surface area (Å²) in [5, 5.41) is 2.65. The van der Waals surface area contributed by atoms with Crippen LogP contribution in [0.4, 0.5) is 0 Å². The highest BCUT2D eigenvalue weighted by Gasteiger charge is 2.24. The third kappa shape index (κ3) is 5.77. The molecule has 1 aliphatic heterocycles. The number of benzene rings is 6. The lowest BCUT2D eigenvalue weighted by Crippen LogP contribution is -2.18. The van der Waals surface area contributed by atoms with Crippen LogP contribution in [-0.2, 0) is 0 Å². The van der Waals surface area contributed by atoms with Gasteiger partial charge in [0.25, 0.3) is 0 Å². The van der Waals surface area contributed by atoms with Gasteiger partial charge in [0.15, 0.2) is 5.84 Å². The van der Waals surface area contributed by atoms with E-state index in [1.807, 2.05) is 11.3 Å². The summed E-state index contributed by atoms with van der Waals surface area (Å²) in [6.07, 6.45) is 7.37. The standard InChI is InChI=1S/C46H34N2S/c1-4-13-31(14-5-1)40-28-34(35-24-26-45-41(29-35)39-21-10-11-22-44(39)49-45)23-25-38(40)36-19-12-20-37(27-36)46-47-42(32-15-6-2-7-16-32)30-43(48-46)33-17-8-3-9-18-33/h1-11,13-18,20-29,42H,12,19,30H2. The van der Waals surface area contributed by atoms with Crippen LogP contribution < -0.4 is 0 Å². The molecule has 0 amide bonds. The fraction of sp³-hybridized carbons (Fsp3) is 0.0870. The Labute approximate surface area is 291 Å². The Hall–Kier alpha value is -5.64. The van der Waals surface area contributed by atoms with E-state index in [-0.39, 0.29) is 6.04 Å². The number of nitrogens with zero attached hydrogens (tertiary/aromatic N) is 2. The fourth-order valence-electron chi connectivity index (χ4n) is 7.23. The van der Waals surface area contributed by atoms with Crippen LogP contribution in [0.2, 0.25) is 0 Å². The van der Waals surface area contributed by atoms with Crippen LogP contribution in [0.25, 0.3) is 48.0 Å². The minimum Gasteiger partial charge on any atom is -0.258 e. The average Bonchev–Trinajstić information content (AvgIpc) is 3.57. The molecule has 0 fully saturated rings. The van der Waals surface area contributed by atoms with Gasteiger partial charge >= 0.3 is 0 Å². The van der Waals surface area contributed by atoms with Crippen LogP contribution in [0, 0.1) is 0 Å². The molecule has 2 nitrogen and oxygen atoms in total. The van der Waals surface area contributed by atoms with Gasteiger partial charge in [-0.3, -0.25) is 4.99 Å². The third-order valence-corrected chi connectivity index (χ3v) is 10.9. The summed E-state index contributed by atoms with van der Waals surface area (Å²) >= 11 is 1.86. The molecule has 0 radical (unpaired) electrons. The van der Waals surface area contributed by atoms with Crippen LogP contribution in [0.1, 0.15) is 42.0 Å². The first-order chi connectivity index (χ1) is 24.3. The molecule has 1 aliphatic carbocycles. The lowest BCUT2D eigenvalue weighted by atomic mass is 9.86. The van der Waals surface area contributed by atoms with Crippen molar-refractivity contribution in [2.75, 3.05) is 0 Å². The Morgan fingerprint density at radius 3 is 2.04 bits per heavy atom. The van der Waals surface area contributed by atoms with Gasteiger partial charge in [-0.1, -0.05) is 133 Å². The number of allylic oxidation sites excluding steroid dienone is 2. The Kier molecular flexibility index (Phi) is 7.68. The highest BCUT2D eigenvalue weighted by Crippen LogP contribution is 2.40. The quantitative estimate of drug-likeness (QED) is 0.172. The highest BCUT2D eigenvalue weighted by atomic mass is 32.1. The highest BCUT2D eigenvalue weighted by molar-refractivity contribution is 7.25. The summed E-state index contributed by atoms with van der Waals surface area (Å²) in [5.41, 5.74) is 12.1. The Morgan fingerprint density at radius 2 is 1.22 bits per heavy atom. The van der Waals surface area contributed by atoms with E-state index < -0.39 is 0 Å². The molecule has 0 bridgehead atoms. The van der Waals surface area contributed by atoms with Crippen LogP contribution in [0.5, 0.6) is 0 Å². The van der Waals surface area contributed by atoms with Crippen molar-refractivity contribution in [1.82, 2.24) is 0 Å². The van der Waals surface area contributed by atoms with Crippen molar-refractivity contribution >= 4 is 48.6 Å². The molecule has 49 heavy (non-hydrogen) atoms. The van der Waals surface area contributed by atoms with Crippen molar-refractivity contribution in [3.8, 4) is 22.3 Å². The van der Waals surface area contributed by atoms with Crippen molar-refractivity contribution in [1.29, 1.82) is 0 Å². The first-order valence-corrected chi connectivity index (χ1v) is 17.9. The Morgan fingerprint density at radius 1 is 0.551 bits per heavy atom. The third-order valence-electron chi connectivity index (χ3n) is 9.72. The minimum atomic E-state index is 0.0282. The van der Waals surface area contributed by atoms with Gasteiger partial charge in [-0.05, 0) is 87.7 Å². The molecule has 3 heteroatoms. The lowest BCUT2D eigenvalue weighted by Gasteiger charge is -2.23. The summed E-state index contributed by atoms with van der Waals surface area (Å²) in [6.45, 7) is 0. The molecule has 1 aromatic heterocycles. The number of thiophene rings is 1. The molecule has 9 rings (SSSR count). The molecule has 234 valence electrons. The van der Waals surface area contributed by atoms with E-state index in [0.717, 1.165) is 41.9 Å². The van der Waals surface area contributed by atoms with Gasteiger partial charge < -0.3 is 0 Å². The molecular weight excluding hydrogens is 613 g/mol. The van der Waals surface area contributed by atoms with E-state index in [1.54, 1.807) is 0 Å². The largest absolute Gasteiger partial charge is 0.258 e. The zero-order valence-corrected chi connectivity index (χ0v) is 27.9. The lowest BCUT2D eigenvalue weighted by molar-refractivity contribution is 0.753. The van der Waals surface area contributed by atoms with Gasteiger partial charge in [-0.2, -0.15) is 0 Å². The van der Waals surface area contributed by atoms with Crippen molar-refractivity contribution in [3.05, 3.63) is 186 Å². The topological polar surface area (TPSA) is 24.7 Å². The number of aliphatic imine (C=N–C) groups is 2. The molecule has 0 saturated heterocycles. The predicted octanol–water partition coefficient (Wildman–Crippen LogP) is 12.5. The van der Waals surface area contributed by atoms with E-state index in [2.05, 4.69) is 164 Å². The van der Waals surface area contributed by atoms with Gasteiger partial charge in [0.05, 0.1) is 11.8 Å². The molecular formula is C46H34N2S. The van der Waals surface area contributed by atoms with Crippen molar-refractivity contribution in [2.45, 2.75) is 25.3 Å². The van der Waals surface area contributed by atoms with Crippen molar-refractivity contribution in [3.63, 3.8) is 0 Å². The van der Waals surface area contributed by atoms with E-state index >= 15 is 0 Å². The number of hydrogen-bond acceptors (Lipinski definition) is 3. The number of rotatable bonds is 6. The Bertz CT molecular complexity index is 2450. The van der Waals surface area contributed by atoms with E-state index in [9.17, 15) is 0 Å². The molecule has 2 aliphatic rings. The average molecular weight is 647 g/mol. The van der Waals surface area contributed by atoms with Gasteiger partial charge in [0.1, 0.15) is 0 Å². The molecule has 0 saturated carbocycles. The molecule has 1 unspecified atom stereocenters. The summed E-state index contributed by atoms with van der Waals surface area (Å²) in [5.74, 6) is 0.824. The van der Waals surface area contributed by atoms with Gasteiger partial charge in [-0.25, -0.2) is 4.99 Å². The van der Waals surface area contributed by atoms with Crippen molar-refractivity contribution < 1.29 is 0 Å². The second-order valence-corrected chi connectivity index (χ2v) is 13.9. The molecule has 7 aromatic rings. The van der Waals surface area contributed by atoms with E-state index in [0.29, 0.717) is 0 Å². The van der Waals surface area contributed by atoms with Gasteiger partial charge in [0.2, 0.25) is 0 Å². The molecule has 2 heterocycles. The summed E-state index contributed by atoms with van der Waals surface area (Å²) in [6, 6.07) is 54.7. The van der Waals surface area contributed by atoms with Crippen molar-refractivity contribution in [2.24, 2.45) is 9.98 Å². The normalized spacial score (nSPS) is 16.2. The SMILES string of the molecule is C1=C(C2=NC(c3ccccc3)CC(c3ccccc3)=N2)C=C(c2ccc(-c3ccc4sc5ccccc5c4c3)cc2-c2ccccc2)CC1. The maximum Gasteiger partial charge on any atom is 0.155 e. The molecule has 0 spiro atoms.